The molecule has 1 N–H and O–H groups in total. The van der Waals surface area contributed by atoms with Crippen LogP contribution < -0.4 is 14.8 Å². The van der Waals surface area contributed by atoms with Crippen molar-refractivity contribution in [2.75, 3.05) is 26.1 Å². The zero-order valence-electron chi connectivity index (χ0n) is 16.1. The Balaban J connectivity index is 1.40. The third kappa shape index (κ3) is 4.07. The number of hydrogen-bond acceptors (Lipinski definition) is 7. The van der Waals surface area contributed by atoms with Gasteiger partial charge in [0.1, 0.15) is 17.3 Å². The quantitative estimate of drug-likeness (QED) is 0.674. The maximum Gasteiger partial charge on any atom is 0.144 e. The molecule has 1 aromatic carbocycles. The summed E-state index contributed by atoms with van der Waals surface area (Å²) >= 11 is 0. The molecular formula is C20H24N6O2. The van der Waals surface area contributed by atoms with Gasteiger partial charge >= 0.3 is 0 Å². The summed E-state index contributed by atoms with van der Waals surface area (Å²) in [7, 11) is 3.36. The molecule has 0 bridgehead atoms. The lowest BCUT2D eigenvalue weighted by Gasteiger charge is -2.28. The first-order chi connectivity index (χ1) is 13.7. The van der Waals surface area contributed by atoms with Crippen molar-refractivity contribution in [3.63, 3.8) is 0 Å². The van der Waals surface area contributed by atoms with Gasteiger partial charge in [0.2, 0.25) is 0 Å². The summed E-state index contributed by atoms with van der Waals surface area (Å²) in [4.78, 5) is 10.7. The van der Waals surface area contributed by atoms with E-state index in [0.29, 0.717) is 6.54 Å². The number of fused-ring (bicyclic) bond motifs is 1. The molecule has 3 heterocycles. The number of rotatable bonds is 7. The fraction of sp³-hybridized carbons (Fsp3) is 0.350. The van der Waals surface area contributed by atoms with Crippen LogP contribution in [0.25, 0.3) is 0 Å². The van der Waals surface area contributed by atoms with E-state index in [9.17, 15) is 0 Å². The minimum Gasteiger partial charge on any atom is -0.497 e. The number of anilines is 1. The summed E-state index contributed by atoms with van der Waals surface area (Å²) in [6, 6.07) is 8.13. The molecule has 3 aromatic rings. The lowest BCUT2D eigenvalue weighted by Crippen LogP contribution is -2.33. The molecule has 4 rings (SSSR count). The van der Waals surface area contributed by atoms with Crippen molar-refractivity contribution >= 4 is 5.82 Å². The Bertz CT molecular complexity index is 928. The maximum absolute atomic E-state index is 5.53. The van der Waals surface area contributed by atoms with Crippen LogP contribution in [0, 0.1) is 0 Å². The van der Waals surface area contributed by atoms with Crippen LogP contribution in [0.1, 0.15) is 17.0 Å². The molecule has 1 aliphatic heterocycles. The highest BCUT2D eigenvalue weighted by Gasteiger charge is 2.20. The summed E-state index contributed by atoms with van der Waals surface area (Å²) in [6.45, 7) is 4.13. The van der Waals surface area contributed by atoms with Crippen LogP contribution in [0.2, 0.25) is 0 Å². The summed E-state index contributed by atoms with van der Waals surface area (Å²) in [5.41, 5.74) is 3.38. The molecule has 28 heavy (non-hydrogen) atoms. The second-order valence-corrected chi connectivity index (χ2v) is 6.68. The Hall–Kier alpha value is -3.13. The Kier molecular flexibility index (Phi) is 5.38. The van der Waals surface area contributed by atoms with E-state index in [1.165, 1.54) is 5.69 Å². The molecule has 0 aliphatic carbocycles. The Morgan fingerprint density at radius 2 is 2.04 bits per heavy atom. The highest BCUT2D eigenvalue weighted by Crippen LogP contribution is 2.27. The molecule has 2 aromatic heterocycles. The van der Waals surface area contributed by atoms with Crippen LogP contribution in [0.4, 0.5) is 5.82 Å². The fourth-order valence-corrected chi connectivity index (χ4v) is 3.40. The average molecular weight is 380 g/mol. The van der Waals surface area contributed by atoms with Crippen molar-refractivity contribution in [1.82, 2.24) is 24.6 Å². The molecule has 0 spiro atoms. The van der Waals surface area contributed by atoms with E-state index >= 15 is 0 Å². The first-order valence-corrected chi connectivity index (χ1v) is 9.24. The van der Waals surface area contributed by atoms with Crippen LogP contribution >= 0.6 is 0 Å². The van der Waals surface area contributed by atoms with Gasteiger partial charge < -0.3 is 14.8 Å². The van der Waals surface area contributed by atoms with Crippen molar-refractivity contribution in [3.8, 4) is 11.5 Å². The Morgan fingerprint density at radius 1 is 1.11 bits per heavy atom. The van der Waals surface area contributed by atoms with Crippen molar-refractivity contribution in [2.24, 2.45) is 0 Å². The van der Waals surface area contributed by atoms with Gasteiger partial charge in [-0.25, -0.2) is 4.98 Å². The Morgan fingerprint density at radius 3 is 2.82 bits per heavy atom. The zero-order chi connectivity index (χ0) is 19.3. The molecule has 0 fully saturated rings. The minimum absolute atomic E-state index is 0.630. The smallest absolute Gasteiger partial charge is 0.144 e. The number of benzene rings is 1. The van der Waals surface area contributed by atoms with Crippen molar-refractivity contribution < 1.29 is 9.47 Å². The molecule has 0 unspecified atom stereocenters. The summed E-state index contributed by atoms with van der Waals surface area (Å²) in [5, 5.41) is 7.96. The molecule has 0 radical (unpaired) electrons. The van der Waals surface area contributed by atoms with Crippen LogP contribution in [-0.4, -0.2) is 45.4 Å². The minimum atomic E-state index is 0.630. The van der Waals surface area contributed by atoms with Crippen LogP contribution in [0.5, 0.6) is 11.5 Å². The van der Waals surface area contributed by atoms with E-state index in [1.54, 1.807) is 32.8 Å². The van der Waals surface area contributed by atoms with Crippen molar-refractivity contribution in [2.45, 2.75) is 26.2 Å². The molecule has 0 saturated carbocycles. The lowest BCUT2D eigenvalue weighted by atomic mass is 10.1. The van der Waals surface area contributed by atoms with Crippen molar-refractivity contribution in [3.05, 3.63) is 59.8 Å². The monoisotopic (exact) mass is 380 g/mol. The highest BCUT2D eigenvalue weighted by atomic mass is 16.5. The fourth-order valence-electron chi connectivity index (χ4n) is 3.40. The number of aromatic nitrogens is 4. The molecule has 0 amide bonds. The molecule has 8 nitrogen and oxygen atoms in total. The predicted molar refractivity (Wildman–Crippen MR) is 105 cm³/mol. The number of ether oxygens (including phenoxy) is 2. The lowest BCUT2D eigenvalue weighted by molar-refractivity contribution is 0.202. The summed E-state index contributed by atoms with van der Waals surface area (Å²) in [5.74, 6) is 2.41. The number of nitrogens with one attached hydrogen (secondary N) is 1. The number of methoxy groups -OCH3 is 2. The number of hydrogen-bond donors (Lipinski definition) is 1. The molecule has 146 valence electrons. The van der Waals surface area contributed by atoms with Crippen LogP contribution in [0.3, 0.4) is 0 Å². The topological polar surface area (TPSA) is 77.3 Å². The third-order valence-corrected chi connectivity index (χ3v) is 4.83. The van der Waals surface area contributed by atoms with Crippen LogP contribution in [-0.2, 0) is 26.2 Å². The van der Waals surface area contributed by atoms with Gasteiger partial charge in [0.15, 0.2) is 0 Å². The Labute approximate surface area is 164 Å². The van der Waals surface area contributed by atoms with Gasteiger partial charge in [-0.3, -0.25) is 14.6 Å². The van der Waals surface area contributed by atoms with E-state index in [4.69, 9.17) is 14.6 Å². The van der Waals surface area contributed by atoms with Gasteiger partial charge in [-0.1, -0.05) is 6.07 Å². The SMILES string of the molecule is COc1ccc(CN2CCn3nc(CNc4cnccn4)cc3C2)c(OC)c1. The molecule has 8 heteroatoms. The highest BCUT2D eigenvalue weighted by molar-refractivity contribution is 5.40. The molecular weight excluding hydrogens is 356 g/mol. The molecule has 0 atom stereocenters. The van der Waals surface area contributed by atoms with E-state index in [0.717, 1.165) is 54.8 Å². The first kappa shape index (κ1) is 18.2. The standard InChI is InChI=1S/C20H24N6O2/c1-27-18-4-3-15(19(10-18)28-2)13-25-7-8-26-17(14-25)9-16(24-26)11-23-20-12-21-5-6-22-20/h3-6,9-10,12H,7-8,11,13-14H2,1-2H3,(H,22,23). The summed E-state index contributed by atoms with van der Waals surface area (Å²) in [6.07, 6.45) is 5.04. The third-order valence-electron chi connectivity index (χ3n) is 4.83. The molecule has 0 saturated heterocycles. The predicted octanol–water partition coefficient (Wildman–Crippen LogP) is 2.32. The van der Waals surface area contributed by atoms with E-state index in [1.807, 2.05) is 12.1 Å². The zero-order valence-corrected chi connectivity index (χ0v) is 16.1. The van der Waals surface area contributed by atoms with Crippen LogP contribution in [0.15, 0.2) is 42.9 Å². The summed E-state index contributed by atoms with van der Waals surface area (Å²) < 4.78 is 12.9. The van der Waals surface area contributed by atoms with Crippen molar-refractivity contribution in [1.29, 1.82) is 0 Å². The normalized spacial score (nSPS) is 13.8. The van der Waals surface area contributed by atoms with Gasteiger partial charge in [0, 0.05) is 43.7 Å². The van der Waals surface area contributed by atoms with Gasteiger partial charge in [-0.15, -0.1) is 0 Å². The number of nitrogens with zero attached hydrogens (tertiary/aromatic N) is 5. The van der Waals surface area contributed by atoms with Gasteiger partial charge in [0.05, 0.1) is 44.9 Å². The maximum atomic E-state index is 5.53. The van der Waals surface area contributed by atoms with E-state index < -0.39 is 0 Å². The van der Waals surface area contributed by atoms with E-state index in [-0.39, 0.29) is 0 Å². The van der Waals surface area contributed by atoms with Gasteiger partial charge in [-0.2, -0.15) is 5.10 Å². The first-order valence-electron chi connectivity index (χ1n) is 9.24. The van der Waals surface area contributed by atoms with Gasteiger partial charge in [0.25, 0.3) is 0 Å². The second kappa shape index (κ2) is 8.26. The second-order valence-electron chi connectivity index (χ2n) is 6.68. The van der Waals surface area contributed by atoms with E-state index in [2.05, 4.69) is 37.0 Å². The molecule has 1 aliphatic rings. The van der Waals surface area contributed by atoms with Gasteiger partial charge in [-0.05, 0) is 12.1 Å². The average Bonchev–Trinajstić information content (AvgIpc) is 3.15. The largest absolute Gasteiger partial charge is 0.497 e.